The number of para-hydroxylation sites is 1. The maximum atomic E-state index is 12.3. The van der Waals surface area contributed by atoms with Gasteiger partial charge in [-0.05, 0) is 25.0 Å². The molecule has 24 heavy (non-hydrogen) atoms. The highest BCUT2D eigenvalue weighted by Crippen LogP contribution is 2.29. The summed E-state index contributed by atoms with van der Waals surface area (Å²) in [5, 5.41) is 4.05. The second-order valence-corrected chi connectivity index (χ2v) is 7.27. The Labute approximate surface area is 145 Å². The van der Waals surface area contributed by atoms with Gasteiger partial charge in [-0.25, -0.2) is 9.78 Å². The van der Waals surface area contributed by atoms with Gasteiger partial charge in [-0.3, -0.25) is 0 Å². The highest BCUT2D eigenvalue weighted by molar-refractivity contribution is 7.22. The first-order valence-corrected chi connectivity index (χ1v) is 9.36. The molecular formula is C17H22N4O2S. The van der Waals surface area contributed by atoms with Crippen LogP contribution in [-0.4, -0.2) is 61.3 Å². The smallest absolute Gasteiger partial charge is 0.317 e. The van der Waals surface area contributed by atoms with Crippen LogP contribution >= 0.6 is 11.3 Å². The van der Waals surface area contributed by atoms with Gasteiger partial charge in [-0.1, -0.05) is 23.5 Å². The van der Waals surface area contributed by atoms with Gasteiger partial charge in [0.05, 0.1) is 16.3 Å². The minimum Gasteiger partial charge on any atom is -0.376 e. The Bertz CT molecular complexity index is 672. The van der Waals surface area contributed by atoms with E-state index in [1.165, 1.54) is 4.70 Å². The summed E-state index contributed by atoms with van der Waals surface area (Å²) in [7, 11) is 0. The fraction of sp³-hybridized carbons (Fsp3) is 0.529. The SMILES string of the molecule is O=C(NC[C@H]1CCCO1)N1CCN(c2nc3ccccc3s2)CC1. The van der Waals surface area contributed by atoms with Crippen molar-refractivity contribution in [3.63, 3.8) is 0 Å². The van der Waals surface area contributed by atoms with Crippen LogP contribution in [0.1, 0.15) is 12.8 Å². The highest BCUT2D eigenvalue weighted by Gasteiger charge is 2.24. The normalized spacial score (nSPS) is 21.4. The molecule has 0 spiro atoms. The summed E-state index contributed by atoms with van der Waals surface area (Å²) in [6.45, 7) is 4.55. The number of carbonyl (C=O) groups excluding carboxylic acids is 1. The topological polar surface area (TPSA) is 57.7 Å². The molecule has 1 aromatic carbocycles. The van der Waals surface area contributed by atoms with Crippen LogP contribution in [-0.2, 0) is 4.74 Å². The number of thiazole rings is 1. The van der Waals surface area contributed by atoms with E-state index in [1.807, 2.05) is 23.1 Å². The number of piperazine rings is 1. The van der Waals surface area contributed by atoms with E-state index in [1.54, 1.807) is 11.3 Å². The Morgan fingerprint density at radius 1 is 1.29 bits per heavy atom. The van der Waals surface area contributed by atoms with Crippen LogP contribution in [0.25, 0.3) is 10.2 Å². The Hall–Kier alpha value is -1.86. The van der Waals surface area contributed by atoms with Gasteiger partial charge in [0.2, 0.25) is 0 Å². The lowest BCUT2D eigenvalue weighted by molar-refractivity contribution is 0.108. The van der Waals surface area contributed by atoms with Gasteiger partial charge in [-0.2, -0.15) is 0 Å². The third kappa shape index (κ3) is 3.32. The lowest BCUT2D eigenvalue weighted by Gasteiger charge is -2.34. The molecule has 2 aromatic rings. The number of nitrogens with zero attached hydrogens (tertiary/aromatic N) is 3. The van der Waals surface area contributed by atoms with Crippen molar-refractivity contribution >= 4 is 32.7 Å². The molecule has 1 atom stereocenters. The Balaban J connectivity index is 1.30. The number of hydrogen-bond acceptors (Lipinski definition) is 5. The fourth-order valence-corrected chi connectivity index (χ4v) is 4.23. The third-order valence-corrected chi connectivity index (χ3v) is 5.72. The van der Waals surface area contributed by atoms with Crippen LogP contribution in [0.3, 0.4) is 0 Å². The molecule has 0 unspecified atom stereocenters. The van der Waals surface area contributed by atoms with Crippen LogP contribution < -0.4 is 10.2 Å². The molecule has 7 heteroatoms. The molecule has 2 amide bonds. The van der Waals surface area contributed by atoms with Gasteiger partial charge in [0, 0.05) is 39.3 Å². The Morgan fingerprint density at radius 2 is 2.12 bits per heavy atom. The molecule has 0 aliphatic carbocycles. The van der Waals surface area contributed by atoms with E-state index in [2.05, 4.69) is 16.3 Å². The number of ether oxygens (including phenoxy) is 1. The van der Waals surface area contributed by atoms with E-state index in [9.17, 15) is 4.79 Å². The first-order chi connectivity index (χ1) is 11.8. The molecular weight excluding hydrogens is 324 g/mol. The number of hydrogen-bond donors (Lipinski definition) is 1. The van der Waals surface area contributed by atoms with Gasteiger partial charge in [0.1, 0.15) is 0 Å². The number of urea groups is 1. The van der Waals surface area contributed by atoms with Crippen LogP contribution in [0.15, 0.2) is 24.3 Å². The molecule has 2 fully saturated rings. The van der Waals surface area contributed by atoms with Gasteiger partial charge >= 0.3 is 6.03 Å². The predicted octanol–water partition coefficient (Wildman–Crippen LogP) is 2.31. The highest BCUT2D eigenvalue weighted by atomic mass is 32.1. The number of aromatic nitrogens is 1. The third-order valence-electron chi connectivity index (χ3n) is 4.62. The van der Waals surface area contributed by atoms with Gasteiger partial charge in [0.25, 0.3) is 0 Å². The average Bonchev–Trinajstić information content (AvgIpc) is 3.29. The number of rotatable bonds is 3. The van der Waals surface area contributed by atoms with Crippen LogP contribution in [0.4, 0.5) is 9.93 Å². The zero-order valence-corrected chi connectivity index (χ0v) is 14.4. The second-order valence-electron chi connectivity index (χ2n) is 6.26. The second kappa shape index (κ2) is 6.94. The largest absolute Gasteiger partial charge is 0.376 e. The number of benzene rings is 1. The van der Waals surface area contributed by atoms with Crippen molar-refractivity contribution in [3.05, 3.63) is 24.3 Å². The zero-order valence-electron chi connectivity index (χ0n) is 13.6. The van der Waals surface area contributed by atoms with Gasteiger partial charge in [0.15, 0.2) is 5.13 Å². The molecule has 1 aromatic heterocycles. The van der Waals surface area contributed by atoms with Crippen LogP contribution in [0.5, 0.6) is 0 Å². The maximum absolute atomic E-state index is 12.3. The quantitative estimate of drug-likeness (QED) is 0.927. The molecule has 0 bridgehead atoms. The van der Waals surface area contributed by atoms with E-state index < -0.39 is 0 Å². The minimum atomic E-state index is 0.0226. The van der Waals surface area contributed by atoms with E-state index >= 15 is 0 Å². The van der Waals surface area contributed by atoms with Crippen molar-refractivity contribution in [2.45, 2.75) is 18.9 Å². The Morgan fingerprint density at radius 3 is 2.88 bits per heavy atom. The van der Waals surface area contributed by atoms with Crippen molar-refractivity contribution in [3.8, 4) is 0 Å². The molecule has 2 saturated heterocycles. The fourth-order valence-electron chi connectivity index (χ4n) is 3.21. The molecule has 1 N–H and O–H groups in total. The Kier molecular flexibility index (Phi) is 4.53. The molecule has 0 radical (unpaired) electrons. The average molecular weight is 346 g/mol. The van der Waals surface area contributed by atoms with Crippen molar-refractivity contribution in [2.75, 3.05) is 44.2 Å². The van der Waals surface area contributed by atoms with Gasteiger partial charge < -0.3 is 19.9 Å². The summed E-state index contributed by atoms with van der Waals surface area (Å²) in [5.74, 6) is 0. The van der Waals surface area contributed by atoms with E-state index in [4.69, 9.17) is 9.72 Å². The summed E-state index contributed by atoms with van der Waals surface area (Å²) < 4.78 is 6.76. The van der Waals surface area contributed by atoms with Crippen LogP contribution in [0.2, 0.25) is 0 Å². The van der Waals surface area contributed by atoms with Crippen molar-refractivity contribution in [2.24, 2.45) is 0 Å². The van der Waals surface area contributed by atoms with Crippen LogP contribution in [0, 0.1) is 0 Å². The minimum absolute atomic E-state index is 0.0226. The van der Waals surface area contributed by atoms with E-state index in [0.29, 0.717) is 6.54 Å². The molecule has 2 aliphatic rings. The molecule has 128 valence electrons. The number of fused-ring (bicyclic) bond motifs is 1. The number of carbonyl (C=O) groups is 1. The van der Waals surface area contributed by atoms with Crippen molar-refractivity contribution in [1.29, 1.82) is 0 Å². The van der Waals surface area contributed by atoms with E-state index in [0.717, 1.165) is 56.3 Å². The van der Waals surface area contributed by atoms with Crippen molar-refractivity contribution in [1.82, 2.24) is 15.2 Å². The summed E-state index contributed by atoms with van der Waals surface area (Å²) in [5.41, 5.74) is 1.05. The molecule has 3 heterocycles. The lowest BCUT2D eigenvalue weighted by Crippen LogP contribution is -2.52. The summed E-state index contributed by atoms with van der Waals surface area (Å²) in [6, 6.07) is 8.23. The zero-order chi connectivity index (χ0) is 16.4. The monoisotopic (exact) mass is 346 g/mol. The number of anilines is 1. The number of nitrogens with one attached hydrogen (secondary N) is 1. The number of amides is 2. The molecule has 0 saturated carbocycles. The summed E-state index contributed by atoms with van der Waals surface area (Å²) in [4.78, 5) is 21.1. The first kappa shape index (κ1) is 15.7. The molecule has 4 rings (SSSR count). The molecule has 6 nitrogen and oxygen atoms in total. The summed E-state index contributed by atoms with van der Waals surface area (Å²) >= 11 is 1.72. The standard InChI is InChI=1S/C17H22N4O2S/c22-16(18-12-13-4-3-11-23-13)20-7-9-21(10-8-20)17-19-14-5-1-2-6-15(14)24-17/h1-2,5-6,13H,3-4,7-12H2,(H,18,22)/t13-/m1/s1. The lowest BCUT2D eigenvalue weighted by atomic mass is 10.2. The molecule has 2 aliphatic heterocycles. The van der Waals surface area contributed by atoms with E-state index in [-0.39, 0.29) is 12.1 Å². The predicted molar refractivity (Wildman–Crippen MR) is 95.8 cm³/mol. The summed E-state index contributed by atoms with van der Waals surface area (Å²) in [6.07, 6.45) is 2.34. The maximum Gasteiger partial charge on any atom is 0.317 e. The van der Waals surface area contributed by atoms with Gasteiger partial charge in [-0.15, -0.1) is 0 Å². The van der Waals surface area contributed by atoms with Crippen molar-refractivity contribution < 1.29 is 9.53 Å². The first-order valence-electron chi connectivity index (χ1n) is 8.54.